The zero-order chi connectivity index (χ0) is 23.7. The monoisotopic (exact) mass is 450 g/mol. The highest BCUT2D eigenvalue weighted by Crippen LogP contribution is 2.19. The summed E-state index contributed by atoms with van der Waals surface area (Å²) >= 11 is 0. The first-order valence-corrected chi connectivity index (χ1v) is 8.77. The first-order valence-electron chi connectivity index (χ1n) is 8.77. The molecule has 0 aromatic carbocycles. The molecule has 0 saturated carbocycles. The Balaban J connectivity index is 2.79. The minimum absolute atomic E-state index is 0.227. The molecule has 1 rings (SSSR count). The highest BCUT2D eigenvalue weighted by atomic mass is 16.6. The maximum atomic E-state index is 12.2. The van der Waals surface area contributed by atoms with Crippen molar-refractivity contribution in [1.82, 2.24) is 9.80 Å². The second-order valence-corrected chi connectivity index (χ2v) is 6.50. The summed E-state index contributed by atoms with van der Waals surface area (Å²) in [5.41, 5.74) is 0. The van der Waals surface area contributed by atoms with Gasteiger partial charge in [-0.3, -0.25) is 33.8 Å². The average Bonchev–Trinajstić information content (AvgIpc) is 2.92. The standard InChI is InChI=1S/C16H22N2O13/c19-7-8(20)14-15(13(28)16(29)31-14)30-12(27)6-18(5-11(25)26)2-1-17(3-9(21)22)4-10(23)24/h8,14-15,19-20H,1-7H2,(H,21,22)(H,23,24)(H,25,26)/t8-,14+,15?/m0/s1. The van der Waals surface area contributed by atoms with Crippen LogP contribution in [-0.2, 0) is 38.2 Å². The number of carboxylic acid groups (broad SMARTS) is 3. The van der Waals surface area contributed by atoms with E-state index in [1.54, 1.807) is 0 Å². The quantitative estimate of drug-likeness (QED) is 0.124. The Kier molecular flexibility index (Phi) is 9.94. The Morgan fingerprint density at radius 3 is 1.77 bits per heavy atom. The van der Waals surface area contributed by atoms with Gasteiger partial charge < -0.3 is 35.0 Å². The van der Waals surface area contributed by atoms with Crippen LogP contribution in [0.15, 0.2) is 0 Å². The summed E-state index contributed by atoms with van der Waals surface area (Å²) in [6.45, 7) is -4.09. The Hall–Kier alpha value is -3.14. The lowest BCUT2D eigenvalue weighted by Gasteiger charge is -2.25. The van der Waals surface area contributed by atoms with E-state index in [2.05, 4.69) is 4.74 Å². The van der Waals surface area contributed by atoms with Gasteiger partial charge in [0.1, 0.15) is 6.10 Å². The molecule has 0 aliphatic carbocycles. The van der Waals surface area contributed by atoms with Gasteiger partial charge in [0, 0.05) is 13.1 Å². The second-order valence-electron chi connectivity index (χ2n) is 6.50. The smallest absolute Gasteiger partial charge is 0.379 e. The molecule has 1 fully saturated rings. The third-order valence-electron chi connectivity index (χ3n) is 3.99. The van der Waals surface area contributed by atoms with E-state index in [-0.39, 0.29) is 13.1 Å². The van der Waals surface area contributed by atoms with E-state index < -0.39 is 86.7 Å². The van der Waals surface area contributed by atoms with Crippen LogP contribution in [0.4, 0.5) is 0 Å². The van der Waals surface area contributed by atoms with E-state index in [9.17, 15) is 33.9 Å². The van der Waals surface area contributed by atoms with Gasteiger partial charge in [0.2, 0.25) is 6.10 Å². The van der Waals surface area contributed by atoms with Crippen molar-refractivity contribution in [3.8, 4) is 0 Å². The van der Waals surface area contributed by atoms with Crippen molar-refractivity contribution in [3.63, 3.8) is 0 Å². The summed E-state index contributed by atoms with van der Waals surface area (Å²) in [6.07, 6.45) is -5.18. The molecule has 5 N–H and O–H groups in total. The first kappa shape index (κ1) is 25.9. The molecule has 15 nitrogen and oxygen atoms in total. The molecule has 0 amide bonds. The molecule has 0 radical (unpaired) electrons. The number of nitrogens with zero attached hydrogens (tertiary/aromatic N) is 2. The number of ether oxygens (including phenoxy) is 2. The number of Topliss-reactive ketones (excluding diaryl/α,β-unsaturated/α-hetero) is 1. The average molecular weight is 450 g/mol. The maximum Gasteiger partial charge on any atom is 0.379 e. The minimum Gasteiger partial charge on any atom is -0.480 e. The molecule has 1 saturated heterocycles. The molecule has 1 aliphatic rings. The van der Waals surface area contributed by atoms with E-state index in [0.29, 0.717) is 0 Å². The van der Waals surface area contributed by atoms with Crippen LogP contribution in [0.5, 0.6) is 0 Å². The van der Waals surface area contributed by atoms with Gasteiger partial charge in [-0.25, -0.2) is 4.79 Å². The Morgan fingerprint density at radius 1 is 0.903 bits per heavy atom. The van der Waals surface area contributed by atoms with Crippen LogP contribution < -0.4 is 0 Å². The number of esters is 2. The van der Waals surface area contributed by atoms with Crippen LogP contribution in [0.2, 0.25) is 0 Å². The number of rotatable bonds is 14. The van der Waals surface area contributed by atoms with Crippen molar-refractivity contribution in [1.29, 1.82) is 0 Å². The molecule has 15 heteroatoms. The van der Waals surface area contributed by atoms with E-state index in [1.165, 1.54) is 0 Å². The molecule has 0 spiro atoms. The molecule has 1 aliphatic heterocycles. The van der Waals surface area contributed by atoms with Gasteiger partial charge >= 0.3 is 29.8 Å². The van der Waals surface area contributed by atoms with Crippen LogP contribution in [0.3, 0.4) is 0 Å². The third-order valence-corrected chi connectivity index (χ3v) is 3.99. The summed E-state index contributed by atoms with van der Waals surface area (Å²) < 4.78 is 9.40. The fourth-order valence-corrected chi connectivity index (χ4v) is 2.66. The van der Waals surface area contributed by atoms with E-state index in [0.717, 1.165) is 9.80 Å². The van der Waals surface area contributed by atoms with Crippen LogP contribution >= 0.6 is 0 Å². The lowest BCUT2D eigenvalue weighted by molar-refractivity contribution is -0.162. The third kappa shape index (κ3) is 8.63. The summed E-state index contributed by atoms with van der Waals surface area (Å²) in [5, 5.41) is 45.2. The zero-order valence-corrected chi connectivity index (χ0v) is 16.1. The molecule has 174 valence electrons. The fraction of sp³-hybridized carbons (Fsp3) is 0.625. The number of hydrogen-bond acceptors (Lipinski definition) is 12. The van der Waals surface area contributed by atoms with Crippen molar-refractivity contribution in [3.05, 3.63) is 0 Å². The highest BCUT2D eigenvalue weighted by Gasteiger charge is 2.49. The lowest BCUT2D eigenvalue weighted by atomic mass is 10.1. The van der Waals surface area contributed by atoms with E-state index >= 15 is 0 Å². The van der Waals surface area contributed by atoms with Gasteiger partial charge in [0.05, 0.1) is 32.8 Å². The van der Waals surface area contributed by atoms with Gasteiger partial charge in [-0.05, 0) is 0 Å². The molecule has 1 heterocycles. The van der Waals surface area contributed by atoms with E-state index in [1.807, 2.05) is 0 Å². The van der Waals surface area contributed by atoms with Crippen molar-refractivity contribution in [2.24, 2.45) is 0 Å². The predicted octanol–water partition coefficient (Wildman–Crippen LogP) is -4.40. The number of cyclic esters (lactones) is 1. The number of hydrogen-bond donors (Lipinski definition) is 5. The molecule has 31 heavy (non-hydrogen) atoms. The minimum atomic E-state index is -1.84. The fourth-order valence-electron chi connectivity index (χ4n) is 2.66. The van der Waals surface area contributed by atoms with Gasteiger partial charge in [-0.2, -0.15) is 0 Å². The summed E-state index contributed by atoms with van der Waals surface area (Å²) in [5.74, 6) is -7.82. The van der Waals surface area contributed by atoms with Crippen molar-refractivity contribution >= 4 is 35.6 Å². The Bertz CT molecular complexity index is 708. The normalized spacial score (nSPS) is 19.4. The molecule has 0 aromatic rings. The topological polar surface area (TPSA) is 229 Å². The number of aliphatic hydroxyl groups excluding tert-OH is 2. The lowest BCUT2D eigenvalue weighted by Crippen LogP contribution is -2.46. The maximum absolute atomic E-state index is 12.2. The number of carbonyl (C=O) groups excluding carboxylic acids is 3. The highest BCUT2D eigenvalue weighted by molar-refractivity contribution is 6.37. The van der Waals surface area contributed by atoms with Crippen molar-refractivity contribution in [2.45, 2.75) is 18.3 Å². The van der Waals surface area contributed by atoms with Crippen LogP contribution in [-0.4, -0.2) is 135 Å². The Labute approximate surface area is 174 Å². The number of carboxylic acids is 3. The number of aliphatic hydroxyl groups is 2. The van der Waals surface area contributed by atoms with Crippen molar-refractivity contribution in [2.75, 3.05) is 45.9 Å². The molecule has 1 unspecified atom stereocenters. The van der Waals surface area contributed by atoms with Gasteiger partial charge in [-0.15, -0.1) is 0 Å². The van der Waals surface area contributed by atoms with Crippen molar-refractivity contribution < 1.29 is 63.8 Å². The zero-order valence-electron chi connectivity index (χ0n) is 16.1. The van der Waals surface area contributed by atoms with Crippen LogP contribution in [0.25, 0.3) is 0 Å². The van der Waals surface area contributed by atoms with E-state index in [4.69, 9.17) is 25.2 Å². The summed E-state index contributed by atoms with van der Waals surface area (Å²) in [6, 6.07) is 0. The summed E-state index contributed by atoms with van der Waals surface area (Å²) in [7, 11) is 0. The SMILES string of the molecule is O=C(O)CN(CCN(CC(=O)O)CC(=O)OC1C(=O)C(=O)O[C@@H]1[C@@H](O)CO)CC(=O)O. The first-order chi connectivity index (χ1) is 14.4. The molecular weight excluding hydrogens is 428 g/mol. The van der Waals surface area contributed by atoms with Gasteiger partial charge in [-0.1, -0.05) is 0 Å². The van der Waals surface area contributed by atoms with Crippen LogP contribution in [0, 0.1) is 0 Å². The largest absolute Gasteiger partial charge is 0.480 e. The molecule has 0 aromatic heterocycles. The Morgan fingerprint density at radius 2 is 1.35 bits per heavy atom. The molecule has 0 bridgehead atoms. The summed E-state index contributed by atoms with van der Waals surface area (Å²) in [4.78, 5) is 70.0. The van der Waals surface area contributed by atoms with Crippen LogP contribution in [0.1, 0.15) is 0 Å². The second kappa shape index (κ2) is 11.9. The molecular formula is C16H22N2O13. The number of carbonyl (C=O) groups is 6. The number of aliphatic carboxylic acids is 3. The number of ketones is 1. The molecule has 3 atom stereocenters. The van der Waals surface area contributed by atoms with Gasteiger partial charge in [0.15, 0.2) is 6.10 Å². The van der Waals surface area contributed by atoms with Gasteiger partial charge in [0.25, 0.3) is 5.78 Å². The predicted molar refractivity (Wildman–Crippen MR) is 93.6 cm³/mol.